The maximum atomic E-state index is 9.91. The Kier molecular flexibility index (Phi) is 7.81. The molecule has 0 amide bonds. The predicted octanol–water partition coefficient (Wildman–Crippen LogP) is 2.09. The molecule has 2 unspecified atom stereocenters. The SMILES string of the molecule is COCCCCCNC1CCCCCC1O. The van der Waals surface area contributed by atoms with Crippen LogP contribution < -0.4 is 5.32 Å². The van der Waals surface area contributed by atoms with Crippen molar-refractivity contribution in [3.05, 3.63) is 0 Å². The predicted molar refractivity (Wildman–Crippen MR) is 66.6 cm³/mol. The van der Waals surface area contributed by atoms with Crippen molar-refractivity contribution in [3.63, 3.8) is 0 Å². The van der Waals surface area contributed by atoms with Gasteiger partial charge in [0.2, 0.25) is 0 Å². The van der Waals surface area contributed by atoms with Gasteiger partial charge in [0.25, 0.3) is 0 Å². The maximum absolute atomic E-state index is 9.91. The molecule has 2 N–H and O–H groups in total. The lowest BCUT2D eigenvalue weighted by Gasteiger charge is -2.21. The number of methoxy groups -OCH3 is 1. The third-order valence-corrected chi connectivity index (χ3v) is 3.41. The van der Waals surface area contributed by atoms with E-state index >= 15 is 0 Å². The fourth-order valence-electron chi connectivity index (χ4n) is 2.36. The van der Waals surface area contributed by atoms with Gasteiger partial charge in [-0.3, -0.25) is 0 Å². The zero-order chi connectivity index (χ0) is 11.6. The third kappa shape index (κ3) is 5.83. The maximum Gasteiger partial charge on any atom is 0.0693 e. The largest absolute Gasteiger partial charge is 0.392 e. The Bertz CT molecular complexity index is 164. The standard InChI is InChI=1S/C13H27NO2/c1-16-11-7-3-6-10-14-12-8-4-2-5-9-13(12)15/h12-15H,2-11H2,1H3. The number of nitrogens with one attached hydrogen (secondary N) is 1. The van der Waals surface area contributed by atoms with Crippen molar-refractivity contribution in [1.29, 1.82) is 0 Å². The van der Waals surface area contributed by atoms with E-state index in [2.05, 4.69) is 5.32 Å². The third-order valence-electron chi connectivity index (χ3n) is 3.41. The van der Waals surface area contributed by atoms with Gasteiger partial charge in [0.05, 0.1) is 6.10 Å². The van der Waals surface area contributed by atoms with E-state index in [1.165, 1.54) is 32.1 Å². The Morgan fingerprint density at radius 3 is 2.75 bits per heavy atom. The summed E-state index contributed by atoms with van der Waals surface area (Å²) in [7, 11) is 1.75. The fourth-order valence-corrected chi connectivity index (χ4v) is 2.36. The van der Waals surface area contributed by atoms with E-state index in [9.17, 15) is 5.11 Å². The Morgan fingerprint density at radius 2 is 1.94 bits per heavy atom. The molecule has 16 heavy (non-hydrogen) atoms. The Labute approximate surface area is 99.6 Å². The smallest absolute Gasteiger partial charge is 0.0693 e. The molecule has 0 aromatic carbocycles. The molecule has 2 atom stereocenters. The highest BCUT2D eigenvalue weighted by Gasteiger charge is 2.20. The first-order chi connectivity index (χ1) is 7.84. The van der Waals surface area contributed by atoms with Crippen LogP contribution in [0.1, 0.15) is 51.4 Å². The van der Waals surface area contributed by atoms with Crippen LogP contribution in [-0.4, -0.2) is 37.5 Å². The van der Waals surface area contributed by atoms with Crippen molar-refractivity contribution >= 4 is 0 Å². The van der Waals surface area contributed by atoms with Crippen molar-refractivity contribution in [1.82, 2.24) is 5.32 Å². The normalized spacial score (nSPS) is 26.6. The summed E-state index contributed by atoms with van der Waals surface area (Å²) in [6.45, 7) is 1.90. The molecule has 1 aliphatic rings. The highest BCUT2D eigenvalue weighted by molar-refractivity contribution is 4.78. The molecule has 96 valence electrons. The molecule has 3 heteroatoms. The molecule has 0 saturated heterocycles. The van der Waals surface area contributed by atoms with Crippen molar-refractivity contribution in [2.24, 2.45) is 0 Å². The van der Waals surface area contributed by atoms with Crippen LogP contribution >= 0.6 is 0 Å². The van der Waals surface area contributed by atoms with Crippen molar-refractivity contribution < 1.29 is 9.84 Å². The Morgan fingerprint density at radius 1 is 1.12 bits per heavy atom. The van der Waals surface area contributed by atoms with Crippen LogP contribution in [0.15, 0.2) is 0 Å². The first kappa shape index (κ1) is 13.9. The van der Waals surface area contributed by atoms with Gasteiger partial charge in [0, 0.05) is 19.8 Å². The van der Waals surface area contributed by atoms with E-state index in [0.29, 0.717) is 6.04 Å². The molecule has 0 aromatic heterocycles. The average molecular weight is 229 g/mol. The Balaban J connectivity index is 2.01. The molecule has 3 nitrogen and oxygen atoms in total. The topological polar surface area (TPSA) is 41.5 Å². The molecular weight excluding hydrogens is 202 g/mol. The molecule has 1 aliphatic carbocycles. The number of ether oxygens (including phenoxy) is 1. The van der Waals surface area contributed by atoms with Crippen molar-refractivity contribution in [3.8, 4) is 0 Å². The van der Waals surface area contributed by atoms with Crippen molar-refractivity contribution in [2.45, 2.75) is 63.5 Å². The van der Waals surface area contributed by atoms with Crippen LogP contribution in [0.25, 0.3) is 0 Å². The summed E-state index contributed by atoms with van der Waals surface area (Å²) in [5, 5.41) is 13.4. The lowest BCUT2D eigenvalue weighted by atomic mass is 10.1. The van der Waals surface area contributed by atoms with E-state index in [1.54, 1.807) is 7.11 Å². The van der Waals surface area contributed by atoms with E-state index in [0.717, 1.165) is 32.4 Å². The zero-order valence-corrected chi connectivity index (χ0v) is 10.6. The molecule has 0 heterocycles. The molecule has 1 rings (SSSR count). The van der Waals surface area contributed by atoms with Crippen LogP contribution in [0, 0.1) is 0 Å². The quantitative estimate of drug-likeness (QED) is 0.519. The number of aliphatic hydroxyl groups excluding tert-OH is 1. The first-order valence-corrected chi connectivity index (χ1v) is 6.75. The first-order valence-electron chi connectivity index (χ1n) is 6.75. The van der Waals surface area contributed by atoms with Gasteiger partial charge in [0.1, 0.15) is 0 Å². The molecule has 0 aromatic rings. The number of unbranched alkanes of at least 4 members (excludes halogenated alkanes) is 2. The van der Waals surface area contributed by atoms with Gasteiger partial charge in [-0.25, -0.2) is 0 Å². The average Bonchev–Trinajstić information content (AvgIpc) is 2.49. The van der Waals surface area contributed by atoms with Crippen molar-refractivity contribution in [2.75, 3.05) is 20.3 Å². The van der Waals surface area contributed by atoms with Crippen LogP contribution in [0.2, 0.25) is 0 Å². The highest BCUT2D eigenvalue weighted by Crippen LogP contribution is 2.17. The minimum Gasteiger partial charge on any atom is -0.392 e. The minimum atomic E-state index is -0.124. The Hall–Kier alpha value is -0.120. The number of hydrogen-bond acceptors (Lipinski definition) is 3. The minimum absolute atomic E-state index is 0.124. The van der Waals surface area contributed by atoms with Crippen LogP contribution in [0.3, 0.4) is 0 Å². The van der Waals surface area contributed by atoms with E-state index in [4.69, 9.17) is 4.74 Å². The summed E-state index contributed by atoms with van der Waals surface area (Å²) in [5.74, 6) is 0. The molecule has 1 fully saturated rings. The lowest BCUT2D eigenvalue weighted by Crippen LogP contribution is -2.39. The van der Waals surface area contributed by atoms with Gasteiger partial charge in [0.15, 0.2) is 0 Å². The molecule has 0 spiro atoms. The van der Waals surface area contributed by atoms with Crippen LogP contribution in [0.5, 0.6) is 0 Å². The summed E-state index contributed by atoms with van der Waals surface area (Å²) < 4.78 is 5.01. The summed E-state index contributed by atoms with van der Waals surface area (Å²) in [4.78, 5) is 0. The monoisotopic (exact) mass is 229 g/mol. The van der Waals surface area contributed by atoms with Gasteiger partial charge >= 0.3 is 0 Å². The molecule has 0 aliphatic heterocycles. The summed E-state index contributed by atoms with van der Waals surface area (Å²) in [6.07, 6.45) is 9.26. The van der Waals surface area contributed by atoms with Gasteiger partial charge in [-0.15, -0.1) is 0 Å². The summed E-state index contributed by atoms with van der Waals surface area (Å²) >= 11 is 0. The van der Waals surface area contributed by atoms with Gasteiger partial charge in [-0.1, -0.05) is 19.3 Å². The van der Waals surface area contributed by atoms with Gasteiger partial charge in [-0.2, -0.15) is 0 Å². The molecule has 0 bridgehead atoms. The van der Waals surface area contributed by atoms with Crippen LogP contribution in [-0.2, 0) is 4.74 Å². The fraction of sp³-hybridized carbons (Fsp3) is 1.00. The molecule has 1 saturated carbocycles. The van der Waals surface area contributed by atoms with E-state index < -0.39 is 0 Å². The van der Waals surface area contributed by atoms with Gasteiger partial charge in [-0.05, 0) is 38.6 Å². The summed E-state index contributed by atoms with van der Waals surface area (Å²) in [6, 6.07) is 0.338. The number of hydrogen-bond donors (Lipinski definition) is 2. The highest BCUT2D eigenvalue weighted by atomic mass is 16.5. The van der Waals surface area contributed by atoms with Crippen LogP contribution in [0.4, 0.5) is 0 Å². The second kappa shape index (κ2) is 8.97. The second-order valence-electron chi connectivity index (χ2n) is 4.82. The second-order valence-corrected chi connectivity index (χ2v) is 4.82. The summed E-state index contributed by atoms with van der Waals surface area (Å²) in [5.41, 5.74) is 0. The van der Waals surface area contributed by atoms with E-state index in [1.807, 2.05) is 0 Å². The molecule has 0 radical (unpaired) electrons. The van der Waals surface area contributed by atoms with Gasteiger partial charge < -0.3 is 15.2 Å². The lowest BCUT2D eigenvalue weighted by molar-refractivity contribution is 0.120. The number of aliphatic hydroxyl groups is 1. The molecular formula is C13H27NO2. The zero-order valence-electron chi connectivity index (χ0n) is 10.6. The van der Waals surface area contributed by atoms with E-state index in [-0.39, 0.29) is 6.10 Å². The number of rotatable bonds is 7.